The summed E-state index contributed by atoms with van der Waals surface area (Å²) >= 11 is 0. The first-order chi connectivity index (χ1) is 8.04. The minimum atomic E-state index is -5.85. The Labute approximate surface area is 101 Å². The lowest BCUT2D eigenvalue weighted by atomic mass is 10.0. The van der Waals surface area contributed by atoms with E-state index in [9.17, 15) is 26.4 Å². The van der Waals surface area contributed by atoms with E-state index in [4.69, 9.17) is 5.11 Å². The van der Waals surface area contributed by atoms with Crippen molar-refractivity contribution >= 4 is 16.2 Å². The summed E-state index contributed by atoms with van der Waals surface area (Å²) in [5.74, 6) is -0.972. The molecule has 1 N–H and O–H groups in total. The second-order valence-electron chi connectivity index (χ2n) is 3.76. The molecule has 1 aliphatic heterocycles. The van der Waals surface area contributed by atoms with Crippen molar-refractivity contribution in [2.75, 3.05) is 6.54 Å². The zero-order valence-corrected chi connectivity index (χ0v) is 9.95. The largest absolute Gasteiger partial charge is 0.534 e. The van der Waals surface area contributed by atoms with Crippen LogP contribution in [-0.4, -0.2) is 36.6 Å². The van der Waals surface area contributed by atoms with Crippen LogP contribution in [0.4, 0.5) is 18.0 Å². The average Bonchev–Trinajstić information content (AvgIpc) is 2.18. The summed E-state index contributed by atoms with van der Waals surface area (Å²) in [7, 11) is -5.85. The topological polar surface area (TPSA) is 83.9 Å². The Morgan fingerprint density at radius 3 is 2.56 bits per heavy atom. The molecule has 0 aromatic rings. The van der Waals surface area contributed by atoms with Crippen molar-refractivity contribution in [3.63, 3.8) is 0 Å². The Bertz CT molecular complexity index is 470. The number of hydrogen-bond acceptors (Lipinski definition) is 4. The molecule has 1 amide bonds. The lowest BCUT2D eigenvalue weighted by Gasteiger charge is -2.28. The monoisotopic (exact) mass is 289 g/mol. The highest BCUT2D eigenvalue weighted by Crippen LogP contribution is 2.29. The van der Waals surface area contributed by atoms with Crippen molar-refractivity contribution in [2.24, 2.45) is 5.92 Å². The van der Waals surface area contributed by atoms with Crippen LogP contribution in [0.1, 0.15) is 13.3 Å². The van der Waals surface area contributed by atoms with Crippen LogP contribution in [0.5, 0.6) is 0 Å². The van der Waals surface area contributed by atoms with Crippen LogP contribution in [0.15, 0.2) is 12.0 Å². The van der Waals surface area contributed by atoms with Crippen LogP contribution >= 0.6 is 0 Å². The van der Waals surface area contributed by atoms with Crippen molar-refractivity contribution < 1.29 is 35.7 Å². The molecule has 0 saturated heterocycles. The van der Waals surface area contributed by atoms with Gasteiger partial charge in [-0.2, -0.15) is 21.6 Å². The van der Waals surface area contributed by atoms with Crippen LogP contribution in [-0.2, 0) is 14.3 Å². The Morgan fingerprint density at radius 2 is 2.11 bits per heavy atom. The Balaban J connectivity index is 2.99. The quantitative estimate of drug-likeness (QED) is 0.618. The molecule has 10 heteroatoms. The third-order valence-corrected chi connectivity index (χ3v) is 3.12. The molecule has 0 spiro atoms. The van der Waals surface area contributed by atoms with Crippen LogP contribution in [0, 0.1) is 5.92 Å². The number of nitrogens with zero attached hydrogens (tertiary/aromatic N) is 1. The summed E-state index contributed by atoms with van der Waals surface area (Å²) in [6.45, 7) is 1.54. The maximum absolute atomic E-state index is 12.1. The lowest BCUT2D eigenvalue weighted by Crippen LogP contribution is -2.39. The second kappa shape index (κ2) is 4.67. The maximum atomic E-state index is 12.1. The first kappa shape index (κ1) is 14.6. The first-order valence-electron chi connectivity index (χ1n) is 4.76. The molecule has 0 aromatic heterocycles. The van der Waals surface area contributed by atoms with Crippen LogP contribution in [0.25, 0.3) is 0 Å². The summed E-state index contributed by atoms with van der Waals surface area (Å²) in [5, 5.41) is 8.76. The van der Waals surface area contributed by atoms with Gasteiger partial charge in [-0.1, -0.05) is 6.92 Å². The Kier molecular flexibility index (Phi) is 3.79. The Morgan fingerprint density at radius 1 is 1.56 bits per heavy atom. The highest BCUT2D eigenvalue weighted by Gasteiger charge is 2.49. The second-order valence-corrected chi connectivity index (χ2v) is 5.30. The number of carbonyl (C=O) groups is 1. The molecule has 1 atom stereocenters. The molecule has 0 fully saturated rings. The SMILES string of the molecule is CC1CC=C(OS(=O)(=O)C(F)(F)F)N(C(=O)O)C1. The molecular formula is C8H10F3NO5S. The van der Waals surface area contributed by atoms with E-state index in [0.29, 0.717) is 4.90 Å². The minimum absolute atomic E-state index is 0.130. The van der Waals surface area contributed by atoms with E-state index >= 15 is 0 Å². The maximum Gasteiger partial charge on any atom is 0.534 e. The standard InChI is InChI=1S/C8H10F3NO5S/c1-5-2-3-6(12(4-5)7(13)14)17-18(15,16)8(9,10)11/h3,5H,2,4H2,1H3,(H,13,14). The van der Waals surface area contributed by atoms with Gasteiger partial charge in [0.25, 0.3) is 0 Å². The lowest BCUT2D eigenvalue weighted by molar-refractivity contribution is -0.0538. The predicted molar refractivity (Wildman–Crippen MR) is 52.7 cm³/mol. The zero-order chi connectivity index (χ0) is 14.1. The molecule has 6 nitrogen and oxygen atoms in total. The molecule has 0 aromatic carbocycles. The molecule has 0 saturated carbocycles. The molecular weight excluding hydrogens is 279 g/mol. The molecule has 1 unspecified atom stereocenters. The number of halogens is 3. The van der Waals surface area contributed by atoms with E-state index in [1.54, 1.807) is 6.92 Å². The van der Waals surface area contributed by atoms with Crippen molar-refractivity contribution in [2.45, 2.75) is 18.9 Å². The number of allylic oxidation sites excluding steroid dienone is 1. The van der Waals surface area contributed by atoms with Crippen molar-refractivity contribution in [3.8, 4) is 0 Å². The fourth-order valence-electron chi connectivity index (χ4n) is 1.30. The van der Waals surface area contributed by atoms with E-state index in [0.717, 1.165) is 6.08 Å². The van der Waals surface area contributed by atoms with Gasteiger partial charge in [0.2, 0.25) is 5.88 Å². The fourth-order valence-corrected chi connectivity index (χ4v) is 1.78. The summed E-state index contributed by atoms with van der Waals surface area (Å²) in [4.78, 5) is 11.2. The average molecular weight is 289 g/mol. The summed E-state index contributed by atoms with van der Waals surface area (Å²) < 4.78 is 61.6. The molecule has 0 radical (unpaired) electrons. The summed E-state index contributed by atoms with van der Waals surface area (Å²) in [5.41, 5.74) is -5.60. The van der Waals surface area contributed by atoms with E-state index in [1.807, 2.05) is 0 Å². The molecule has 1 rings (SSSR count). The van der Waals surface area contributed by atoms with Crippen molar-refractivity contribution in [3.05, 3.63) is 12.0 Å². The third kappa shape index (κ3) is 3.06. The van der Waals surface area contributed by atoms with E-state index in [-0.39, 0.29) is 18.9 Å². The van der Waals surface area contributed by atoms with Gasteiger partial charge in [0.15, 0.2) is 0 Å². The summed E-state index contributed by atoms with van der Waals surface area (Å²) in [6.07, 6.45) is -0.344. The Hall–Kier alpha value is -1.45. The molecule has 0 aliphatic carbocycles. The number of amides is 1. The number of carboxylic acid groups (broad SMARTS) is 1. The van der Waals surface area contributed by atoms with E-state index < -0.39 is 27.6 Å². The molecule has 104 valence electrons. The van der Waals surface area contributed by atoms with E-state index in [1.165, 1.54) is 0 Å². The molecule has 0 bridgehead atoms. The van der Waals surface area contributed by atoms with Crippen molar-refractivity contribution in [1.29, 1.82) is 0 Å². The normalized spacial score (nSPS) is 21.4. The number of rotatable bonds is 2. The van der Waals surface area contributed by atoms with Gasteiger partial charge in [0, 0.05) is 6.54 Å². The molecule has 1 heterocycles. The van der Waals surface area contributed by atoms with Gasteiger partial charge in [-0.05, 0) is 18.4 Å². The highest BCUT2D eigenvalue weighted by molar-refractivity contribution is 7.87. The van der Waals surface area contributed by atoms with Crippen LogP contribution in [0.3, 0.4) is 0 Å². The zero-order valence-electron chi connectivity index (χ0n) is 9.14. The molecule has 1 aliphatic rings. The number of hydrogen-bond donors (Lipinski definition) is 1. The predicted octanol–water partition coefficient (Wildman–Crippen LogP) is 1.71. The highest BCUT2D eigenvalue weighted by atomic mass is 32.2. The third-order valence-electron chi connectivity index (χ3n) is 2.16. The van der Waals surface area contributed by atoms with Gasteiger partial charge < -0.3 is 9.29 Å². The molecule has 18 heavy (non-hydrogen) atoms. The van der Waals surface area contributed by atoms with Gasteiger partial charge in [0.05, 0.1) is 0 Å². The van der Waals surface area contributed by atoms with Gasteiger partial charge in [-0.15, -0.1) is 0 Å². The minimum Gasteiger partial charge on any atom is -0.465 e. The smallest absolute Gasteiger partial charge is 0.465 e. The summed E-state index contributed by atoms with van der Waals surface area (Å²) in [6, 6.07) is 0. The van der Waals surface area contributed by atoms with Crippen LogP contribution < -0.4 is 0 Å². The van der Waals surface area contributed by atoms with Crippen LogP contribution in [0.2, 0.25) is 0 Å². The fraction of sp³-hybridized carbons (Fsp3) is 0.625. The van der Waals surface area contributed by atoms with E-state index in [2.05, 4.69) is 4.18 Å². The van der Waals surface area contributed by atoms with Gasteiger partial charge in [-0.3, -0.25) is 0 Å². The number of alkyl halides is 3. The van der Waals surface area contributed by atoms with Gasteiger partial charge in [-0.25, -0.2) is 9.69 Å². The van der Waals surface area contributed by atoms with Gasteiger partial charge >= 0.3 is 21.7 Å². The van der Waals surface area contributed by atoms with Crippen molar-refractivity contribution in [1.82, 2.24) is 4.90 Å². The van der Waals surface area contributed by atoms with Gasteiger partial charge in [0.1, 0.15) is 0 Å². The first-order valence-corrected chi connectivity index (χ1v) is 6.17.